The summed E-state index contributed by atoms with van der Waals surface area (Å²) < 4.78 is 5.19. The van der Waals surface area contributed by atoms with E-state index < -0.39 is 6.10 Å². The SMILES string of the molecule is CCCOCC(O)Cc1nnn(C)n1. The van der Waals surface area contributed by atoms with Gasteiger partial charge in [0.2, 0.25) is 0 Å². The molecule has 1 rings (SSSR count). The highest BCUT2D eigenvalue weighted by Crippen LogP contribution is 1.95. The Bertz CT molecular complexity index is 264. The lowest BCUT2D eigenvalue weighted by Gasteiger charge is -2.07. The van der Waals surface area contributed by atoms with Gasteiger partial charge in [-0.25, -0.2) is 0 Å². The first kappa shape index (κ1) is 11.1. The van der Waals surface area contributed by atoms with Crippen LogP contribution in [0.5, 0.6) is 0 Å². The molecule has 1 atom stereocenters. The normalized spacial score (nSPS) is 13.1. The third-order valence-corrected chi connectivity index (χ3v) is 1.63. The van der Waals surface area contributed by atoms with E-state index in [9.17, 15) is 5.11 Å². The molecule has 0 aliphatic heterocycles. The molecule has 0 fully saturated rings. The molecule has 1 aromatic heterocycles. The second kappa shape index (κ2) is 5.66. The van der Waals surface area contributed by atoms with Crippen LogP contribution < -0.4 is 0 Å². The lowest BCUT2D eigenvalue weighted by Crippen LogP contribution is -2.19. The molecule has 0 bridgehead atoms. The number of hydrogen-bond donors (Lipinski definition) is 1. The van der Waals surface area contributed by atoms with Crippen molar-refractivity contribution in [2.45, 2.75) is 25.9 Å². The molecule has 6 heteroatoms. The van der Waals surface area contributed by atoms with Gasteiger partial charge < -0.3 is 9.84 Å². The first-order chi connectivity index (χ1) is 6.72. The number of aromatic nitrogens is 4. The highest BCUT2D eigenvalue weighted by Gasteiger charge is 2.09. The van der Waals surface area contributed by atoms with Gasteiger partial charge in [-0.15, -0.1) is 10.2 Å². The zero-order chi connectivity index (χ0) is 10.4. The number of aryl methyl sites for hydroxylation is 1. The fraction of sp³-hybridized carbons (Fsp3) is 0.875. The van der Waals surface area contributed by atoms with Gasteiger partial charge in [0, 0.05) is 13.0 Å². The van der Waals surface area contributed by atoms with E-state index in [1.54, 1.807) is 7.05 Å². The third kappa shape index (κ3) is 3.80. The quantitative estimate of drug-likeness (QED) is 0.629. The Hall–Kier alpha value is -1.01. The van der Waals surface area contributed by atoms with Crippen molar-refractivity contribution in [3.8, 4) is 0 Å². The van der Waals surface area contributed by atoms with Crippen LogP contribution >= 0.6 is 0 Å². The predicted octanol–water partition coefficient (Wildman–Crippen LogP) is -0.460. The fourth-order valence-corrected chi connectivity index (χ4v) is 1.04. The molecule has 0 amide bonds. The van der Waals surface area contributed by atoms with Gasteiger partial charge >= 0.3 is 0 Å². The molecule has 1 aromatic rings. The van der Waals surface area contributed by atoms with Gasteiger partial charge in [-0.1, -0.05) is 6.92 Å². The number of aliphatic hydroxyl groups excluding tert-OH is 1. The molecule has 0 aliphatic carbocycles. The molecule has 1 heterocycles. The van der Waals surface area contributed by atoms with Gasteiger partial charge in [0.05, 0.1) is 19.8 Å². The summed E-state index contributed by atoms with van der Waals surface area (Å²) in [5, 5.41) is 20.9. The maximum absolute atomic E-state index is 9.50. The molecule has 0 aliphatic rings. The van der Waals surface area contributed by atoms with Gasteiger partial charge in [-0.05, 0) is 11.6 Å². The van der Waals surface area contributed by atoms with Crippen LogP contribution in [0, 0.1) is 0 Å². The molecule has 0 spiro atoms. The Morgan fingerprint density at radius 2 is 2.36 bits per heavy atom. The number of aliphatic hydroxyl groups is 1. The Labute approximate surface area is 82.9 Å². The number of rotatable bonds is 6. The highest BCUT2D eigenvalue weighted by molar-refractivity contribution is 4.80. The van der Waals surface area contributed by atoms with E-state index in [1.165, 1.54) is 4.80 Å². The van der Waals surface area contributed by atoms with E-state index in [0.29, 0.717) is 25.5 Å². The number of hydrogen-bond acceptors (Lipinski definition) is 5. The van der Waals surface area contributed by atoms with E-state index in [2.05, 4.69) is 15.4 Å². The van der Waals surface area contributed by atoms with Crippen LogP contribution in [0.3, 0.4) is 0 Å². The Morgan fingerprint density at radius 1 is 1.57 bits per heavy atom. The second-order valence-corrected chi connectivity index (χ2v) is 3.13. The van der Waals surface area contributed by atoms with Crippen molar-refractivity contribution < 1.29 is 9.84 Å². The van der Waals surface area contributed by atoms with Gasteiger partial charge in [-0.3, -0.25) is 0 Å². The van der Waals surface area contributed by atoms with Crippen molar-refractivity contribution in [2.24, 2.45) is 7.05 Å². The smallest absolute Gasteiger partial charge is 0.177 e. The predicted molar refractivity (Wildman–Crippen MR) is 49.6 cm³/mol. The zero-order valence-corrected chi connectivity index (χ0v) is 8.55. The molecule has 1 N–H and O–H groups in total. The monoisotopic (exact) mass is 200 g/mol. The van der Waals surface area contributed by atoms with Crippen LogP contribution in [0.2, 0.25) is 0 Å². The van der Waals surface area contributed by atoms with Crippen molar-refractivity contribution in [1.29, 1.82) is 0 Å². The van der Waals surface area contributed by atoms with Crippen LogP contribution in [0.1, 0.15) is 19.2 Å². The van der Waals surface area contributed by atoms with E-state index in [4.69, 9.17) is 4.74 Å². The number of tetrazole rings is 1. The van der Waals surface area contributed by atoms with Crippen molar-refractivity contribution >= 4 is 0 Å². The summed E-state index contributed by atoms with van der Waals surface area (Å²) in [5.41, 5.74) is 0. The van der Waals surface area contributed by atoms with Gasteiger partial charge in [0.15, 0.2) is 5.82 Å². The Kier molecular flexibility index (Phi) is 4.48. The summed E-state index contributed by atoms with van der Waals surface area (Å²) in [5.74, 6) is 0.542. The average molecular weight is 200 g/mol. The Morgan fingerprint density at radius 3 is 2.93 bits per heavy atom. The third-order valence-electron chi connectivity index (χ3n) is 1.63. The van der Waals surface area contributed by atoms with Crippen LogP contribution in [-0.4, -0.2) is 44.6 Å². The Balaban J connectivity index is 2.23. The van der Waals surface area contributed by atoms with Gasteiger partial charge in [0.1, 0.15) is 0 Å². The fourth-order valence-electron chi connectivity index (χ4n) is 1.04. The lowest BCUT2D eigenvalue weighted by molar-refractivity contribution is 0.0364. The molecule has 0 aromatic carbocycles. The summed E-state index contributed by atoms with van der Waals surface area (Å²) in [4.78, 5) is 1.37. The second-order valence-electron chi connectivity index (χ2n) is 3.13. The van der Waals surface area contributed by atoms with Gasteiger partial charge in [-0.2, -0.15) is 4.80 Å². The molecular weight excluding hydrogens is 184 g/mol. The van der Waals surface area contributed by atoms with Crippen LogP contribution in [0.25, 0.3) is 0 Å². The largest absolute Gasteiger partial charge is 0.390 e. The highest BCUT2D eigenvalue weighted by atomic mass is 16.5. The summed E-state index contributed by atoms with van der Waals surface area (Å²) in [7, 11) is 1.69. The minimum Gasteiger partial charge on any atom is -0.390 e. The van der Waals surface area contributed by atoms with Crippen LogP contribution in [0.15, 0.2) is 0 Å². The summed E-state index contributed by atoms with van der Waals surface area (Å²) >= 11 is 0. The molecule has 0 radical (unpaired) electrons. The molecular formula is C8H16N4O2. The average Bonchev–Trinajstić information content (AvgIpc) is 2.52. The first-order valence-corrected chi connectivity index (χ1v) is 4.71. The molecule has 14 heavy (non-hydrogen) atoms. The summed E-state index contributed by atoms with van der Waals surface area (Å²) in [6.07, 6.45) is 0.791. The topological polar surface area (TPSA) is 73.1 Å². The standard InChI is InChI=1S/C8H16N4O2/c1-3-4-14-6-7(13)5-8-9-11-12(2)10-8/h7,13H,3-6H2,1-2H3. The van der Waals surface area contributed by atoms with E-state index in [1.807, 2.05) is 6.92 Å². The van der Waals surface area contributed by atoms with Crippen molar-refractivity contribution in [2.75, 3.05) is 13.2 Å². The van der Waals surface area contributed by atoms with Crippen molar-refractivity contribution in [1.82, 2.24) is 20.2 Å². The molecule has 1 unspecified atom stereocenters. The molecule has 0 saturated heterocycles. The minimum absolute atomic E-state index is 0.325. The molecule has 80 valence electrons. The number of nitrogens with zero attached hydrogens (tertiary/aromatic N) is 4. The lowest BCUT2D eigenvalue weighted by atomic mass is 10.2. The summed E-state index contributed by atoms with van der Waals surface area (Å²) in [6, 6.07) is 0. The van der Waals surface area contributed by atoms with Crippen LogP contribution in [-0.2, 0) is 18.2 Å². The maximum atomic E-state index is 9.50. The van der Waals surface area contributed by atoms with E-state index in [0.717, 1.165) is 6.42 Å². The molecule has 0 saturated carbocycles. The number of ether oxygens (including phenoxy) is 1. The van der Waals surface area contributed by atoms with Crippen molar-refractivity contribution in [3.05, 3.63) is 5.82 Å². The van der Waals surface area contributed by atoms with Gasteiger partial charge in [0.25, 0.3) is 0 Å². The maximum Gasteiger partial charge on any atom is 0.177 e. The van der Waals surface area contributed by atoms with Crippen LogP contribution in [0.4, 0.5) is 0 Å². The van der Waals surface area contributed by atoms with E-state index >= 15 is 0 Å². The summed E-state index contributed by atoms with van der Waals surface area (Å²) in [6.45, 7) is 3.02. The van der Waals surface area contributed by atoms with Crippen molar-refractivity contribution in [3.63, 3.8) is 0 Å². The first-order valence-electron chi connectivity index (χ1n) is 4.71. The minimum atomic E-state index is -0.550. The zero-order valence-electron chi connectivity index (χ0n) is 8.55. The molecule has 6 nitrogen and oxygen atoms in total. The van der Waals surface area contributed by atoms with E-state index in [-0.39, 0.29) is 0 Å².